The summed E-state index contributed by atoms with van der Waals surface area (Å²) in [4.78, 5) is 13.0. The Bertz CT molecular complexity index is 505. The number of carboxylic acid groups (broad SMARTS) is 1. The number of phenols is 1. The van der Waals surface area contributed by atoms with Crippen LogP contribution in [0.1, 0.15) is 24.9 Å². The minimum Gasteiger partial charge on any atom is -0.508 e. The second-order valence-electron chi connectivity index (χ2n) is 5.17. The summed E-state index contributed by atoms with van der Waals surface area (Å²) in [5, 5.41) is 19.1. The fourth-order valence-electron chi connectivity index (χ4n) is 2.73. The van der Waals surface area contributed by atoms with Gasteiger partial charge in [-0.2, -0.15) is 0 Å². The number of nitrogens with zero attached hydrogens (tertiary/aromatic N) is 1. The molecule has 0 bridgehead atoms. The van der Waals surface area contributed by atoms with Crippen molar-refractivity contribution >= 4 is 5.97 Å². The molecule has 0 amide bonds. The molecule has 0 radical (unpaired) electrons. The van der Waals surface area contributed by atoms with Crippen LogP contribution in [0.15, 0.2) is 18.2 Å². The maximum Gasteiger partial charge on any atom is 0.305 e. The molecule has 21 heavy (non-hydrogen) atoms. The van der Waals surface area contributed by atoms with E-state index in [2.05, 4.69) is 4.90 Å². The lowest BCUT2D eigenvalue weighted by molar-refractivity contribution is -0.140. The van der Waals surface area contributed by atoms with Gasteiger partial charge in [0.2, 0.25) is 0 Å². The van der Waals surface area contributed by atoms with E-state index in [9.17, 15) is 9.90 Å². The molecule has 1 heterocycles. The molecule has 116 valence electrons. The summed E-state index contributed by atoms with van der Waals surface area (Å²) >= 11 is 0. The molecule has 1 aliphatic heterocycles. The molecule has 2 rings (SSSR count). The summed E-state index contributed by atoms with van der Waals surface area (Å²) in [6, 6.07) is 4.76. The van der Waals surface area contributed by atoms with Gasteiger partial charge in [-0.05, 0) is 25.1 Å². The van der Waals surface area contributed by atoms with Crippen LogP contribution >= 0.6 is 0 Å². The molecular weight excluding hydrogens is 274 g/mol. The van der Waals surface area contributed by atoms with Gasteiger partial charge in [0.15, 0.2) is 0 Å². The van der Waals surface area contributed by atoms with E-state index in [1.54, 1.807) is 25.3 Å². The fourth-order valence-corrected chi connectivity index (χ4v) is 2.73. The van der Waals surface area contributed by atoms with Gasteiger partial charge >= 0.3 is 5.97 Å². The lowest BCUT2D eigenvalue weighted by Crippen LogP contribution is -2.47. The number of methoxy groups -OCH3 is 1. The third-order valence-electron chi connectivity index (χ3n) is 3.87. The molecule has 1 aromatic carbocycles. The summed E-state index contributed by atoms with van der Waals surface area (Å²) in [5.74, 6) is -0.000810. The van der Waals surface area contributed by atoms with Crippen LogP contribution in [-0.2, 0) is 9.53 Å². The highest BCUT2D eigenvalue weighted by Gasteiger charge is 2.30. The molecule has 2 unspecified atom stereocenters. The minimum atomic E-state index is -0.849. The minimum absolute atomic E-state index is 0.0229. The first kappa shape index (κ1) is 15.6. The maximum atomic E-state index is 11.0. The van der Waals surface area contributed by atoms with Gasteiger partial charge in [-0.3, -0.25) is 9.69 Å². The number of hydrogen-bond acceptors (Lipinski definition) is 5. The van der Waals surface area contributed by atoms with E-state index in [0.29, 0.717) is 25.5 Å². The molecule has 1 aliphatic rings. The van der Waals surface area contributed by atoms with Gasteiger partial charge in [0.1, 0.15) is 11.5 Å². The molecule has 1 fully saturated rings. The molecule has 0 spiro atoms. The van der Waals surface area contributed by atoms with Crippen molar-refractivity contribution in [3.63, 3.8) is 0 Å². The Hall–Kier alpha value is -1.79. The molecule has 0 saturated carbocycles. The van der Waals surface area contributed by atoms with Crippen molar-refractivity contribution in [2.45, 2.75) is 25.4 Å². The Morgan fingerprint density at radius 1 is 1.57 bits per heavy atom. The largest absolute Gasteiger partial charge is 0.508 e. The van der Waals surface area contributed by atoms with Crippen molar-refractivity contribution in [1.82, 2.24) is 4.90 Å². The summed E-state index contributed by atoms with van der Waals surface area (Å²) in [6.45, 7) is 3.54. The second kappa shape index (κ2) is 6.78. The van der Waals surface area contributed by atoms with Gasteiger partial charge in [-0.1, -0.05) is 0 Å². The monoisotopic (exact) mass is 295 g/mol. The SMILES string of the molecule is COc1ccc(O)c(C(C)N2CCOCC2CC(=O)O)c1. The van der Waals surface area contributed by atoms with Gasteiger partial charge in [-0.25, -0.2) is 0 Å². The maximum absolute atomic E-state index is 11.0. The number of morpholine rings is 1. The molecule has 6 nitrogen and oxygen atoms in total. The molecule has 1 aromatic rings. The van der Waals surface area contributed by atoms with Crippen LogP contribution < -0.4 is 4.74 Å². The first-order valence-electron chi connectivity index (χ1n) is 6.95. The average molecular weight is 295 g/mol. The van der Waals surface area contributed by atoms with Crippen LogP contribution in [0.25, 0.3) is 0 Å². The van der Waals surface area contributed by atoms with Crippen LogP contribution in [0.4, 0.5) is 0 Å². The summed E-state index contributed by atoms with van der Waals surface area (Å²) < 4.78 is 10.6. The van der Waals surface area contributed by atoms with Gasteiger partial charge < -0.3 is 19.7 Å². The lowest BCUT2D eigenvalue weighted by Gasteiger charge is -2.39. The van der Waals surface area contributed by atoms with Crippen LogP contribution in [-0.4, -0.2) is 54.0 Å². The van der Waals surface area contributed by atoms with Gasteiger partial charge in [0.05, 0.1) is 26.7 Å². The quantitative estimate of drug-likeness (QED) is 0.859. The summed E-state index contributed by atoms with van der Waals surface area (Å²) in [6.07, 6.45) is 0.0229. The van der Waals surface area contributed by atoms with Crippen molar-refractivity contribution in [3.05, 3.63) is 23.8 Å². The van der Waals surface area contributed by atoms with Crippen molar-refractivity contribution in [1.29, 1.82) is 0 Å². The standard InChI is InChI=1S/C15H21NO5/c1-10(13-8-12(20-2)3-4-14(13)17)16-5-6-21-9-11(16)7-15(18)19/h3-4,8,10-11,17H,5-7,9H2,1-2H3,(H,18,19). The highest BCUT2D eigenvalue weighted by Crippen LogP contribution is 2.33. The number of aliphatic carboxylic acids is 1. The first-order chi connectivity index (χ1) is 10.0. The normalized spacial score (nSPS) is 21.0. The Morgan fingerprint density at radius 3 is 3.00 bits per heavy atom. The van der Waals surface area contributed by atoms with E-state index in [4.69, 9.17) is 14.6 Å². The third kappa shape index (κ3) is 3.65. The van der Waals surface area contributed by atoms with E-state index < -0.39 is 5.97 Å². The average Bonchev–Trinajstić information content (AvgIpc) is 2.47. The summed E-state index contributed by atoms with van der Waals surface area (Å²) in [7, 11) is 1.57. The molecule has 6 heteroatoms. The molecular formula is C15H21NO5. The van der Waals surface area contributed by atoms with Gasteiger partial charge in [0.25, 0.3) is 0 Å². The molecule has 2 N–H and O–H groups in total. The lowest BCUT2D eigenvalue weighted by atomic mass is 10.0. The number of carbonyl (C=O) groups is 1. The molecule has 1 saturated heterocycles. The zero-order chi connectivity index (χ0) is 15.4. The van der Waals surface area contributed by atoms with Gasteiger partial charge in [-0.15, -0.1) is 0 Å². The van der Waals surface area contributed by atoms with Crippen molar-refractivity contribution in [3.8, 4) is 11.5 Å². The number of ether oxygens (including phenoxy) is 2. The number of phenolic OH excluding ortho intramolecular Hbond substituents is 1. The Labute approximate surface area is 123 Å². The van der Waals surface area contributed by atoms with Crippen molar-refractivity contribution < 1.29 is 24.5 Å². The Balaban J connectivity index is 2.23. The number of benzene rings is 1. The highest BCUT2D eigenvalue weighted by atomic mass is 16.5. The second-order valence-corrected chi connectivity index (χ2v) is 5.17. The van der Waals surface area contributed by atoms with Crippen LogP contribution in [0.3, 0.4) is 0 Å². The molecule has 2 atom stereocenters. The van der Waals surface area contributed by atoms with E-state index in [-0.39, 0.29) is 24.3 Å². The zero-order valence-electron chi connectivity index (χ0n) is 12.3. The summed E-state index contributed by atoms with van der Waals surface area (Å²) in [5.41, 5.74) is 0.728. The van der Waals surface area contributed by atoms with E-state index in [1.807, 2.05) is 6.92 Å². The molecule has 0 aromatic heterocycles. The van der Waals surface area contributed by atoms with Crippen LogP contribution in [0.2, 0.25) is 0 Å². The Morgan fingerprint density at radius 2 is 2.33 bits per heavy atom. The Kier molecular flexibility index (Phi) is 5.03. The topological polar surface area (TPSA) is 79.2 Å². The smallest absolute Gasteiger partial charge is 0.305 e. The van der Waals surface area contributed by atoms with E-state index in [0.717, 1.165) is 5.56 Å². The first-order valence-corrected chi connectivity index (χ1v) is 6.95. The predicted molar refractivity (Wildman–Crippen MR) is 76.6 cm³/mol. The number of aromatic hydroxyl groups is 1. The number of rotatable bonds is 5. The fraction of sp³-hybridized carbons (Fsp3) is 0.533. The number of carboxylic acids is 1. The zero-order valence-corrected chi connectivity index (χ0v) is 12.3. The highest BCUT2D eigenvalue weighted by molar-refractivity contribution is 5.67. The molecule has 0 aliphatic carbocycles. The van der Waals surface area contributed by atoms with Crippen molar-refractivity contribution in [2.75, 3.05) is 26.9 Å². The van der Waals surface area contributed by atoms with Gasteiger partial charge in [0, 0.05) is 24.2 Å². The van der Waals surface area contributed by atoms with Crippen LogP contribution in [0.5, 0.6) is 11.5 Å². The van der Waals surface area contributed by atoms with E-state index >= 15 is 0 Å². The van der Waals surface area contributed by atoms with E-state index in [1.165, 1.54) is 0 Å². The van der Waals surface area contributed by atoms with Crippen molar-refractivity contribution in [2.24, 2.45) is 0 Å². The van der Waals surface area contributed by atoms with Crippen LogP contribution in [0, 0.1) is 0 Å². The third-order valence-corrected chi connectivity index (χ3v) is 3.87. The predicted octanol–water partition coefficient (Wildman–Crippen LogP) is 1.64. The number of hydrogen-bond donors (Lipinski definition) is 2.